The summed E-state index contributed by atoms with van der Waals surface area (Å²) >= 11 is 0. The molecule has 1 fully saturated rings. The molecule has 0 spiro atoms. The Balaban J connectivity index is 1.35. The van der Waals surface area contributed by atoms with Gasteiger partial charge in [0.1, 0.15) is 6.54 Å². The van der Waals surface area contributed by atoms with Crippen molar-refractivity contribution in [2.45, 2.75) is 25.9 Å². The van der Waals surface area contributed by atoms with Crippen LogP contribution in [-0.2, 0) is 17.9 Å². The Kier molecular flexibility index (Phi) is 5.37. The van der Waals surface area contributed by atoms with E-state index in [0.29, 0.717) is 23.0 Å². The minimum absolute atomic E-state index is 0.0567. The SMILES string of the molecule is O=C(Cn1cnc2ccccc2c1=O)NCc1ccc(C(=O)N2CCCC2)cc1. The van der Waals surface area contributed by atoms with Crippen molar-refractivity contribution >= 4 is 22.7 Å². The number of nitrogens with one attached hydrogen (secondary N) is 1. The number of benzene rings is 2. The van der Waals surface area contributed by atoms with Crippen LogP contribution in [0.3, 0.4) is 0 Å². The number of hydrogen-bond donors (Lipinski definition) is 1. The molecule has 2 aromatic carbocycles. The average Bonchev–Trinajstić information content (AvgIpc) is 3.29. The first kappa shape index (κ1) is 18.9. The molecule has 7 nitrogen and oxygen atoms in total. The van der Waals surface area contributed by atoms with Crippen molar-refractivity contribution in [1.29, 1.82) is 0 Å². The fourth-order valence-corrected chi connectivity index (χ4v) is 3.50. The fourth-order valence-electron chi connectivity index (χ4n) is 3.50. The summed E-state index contributed by atoms with van der Waals surface area (Å²) in [6, 6.07) is 14.3. The predicted molar refractivity (Wildman–Crippen MR) is 109 cm³/mol. The molecule has 0 aliphatic carbocycles. The monoisotopic (exact) mass is 390 g/mol. The Bertz CT molecular complexity index is 1100. The van der Waals surface area contributed by atoms with Crippen molar-refractivity contribution in [1.82, 2.24) is 19.8 Å². The third-order valence-electron chi connectivity index (χ3n) is 5.13. The van der Waals surface area contributed by atoms with Crippen molar-refractivity contribution in [2.24, 2.45) is 0 Å². The van der Waals surface area contributed by atoms with Crippen LogP contribution in [0, 0.1) is 0 Å². The highest BCUT2D eigenvalue weighted by Gasteiger charge is 2.19. The highest BCUT2D eigenvalue weighted by Crippen LogP contribution is 2.13. The molecule has 3 aromatic rings. The van der Waals surface area contributed by atoms with Crippen LogP contribution in [-0.4, -0.2) is 39.4 Å². The van der Waals surface area contributed by atoms with Gasteiger partial charge in [-0.15, -0.1) is 0 Å². The lowest BCUT2D eigenvalue weighted by Crippen LogP contribution is -2.32. The zero-order chi connectivity index (χ0) is 20.2. The molecular formula is C22H22N4O3. The van der Waals surface area contributed by atoms with E-state index in [0.717, 1.165) is 31.5 Å². The summed E-state index contributed by atoms with van der Waals surface area (Å²) in [4.78, 5) is 43.2. The van der Waals surface area contributed by atoms with Crippen LogP contribution in [0.25, 0.3) is 10.9 Å². The number of fused-ring (bicyclic) bond motifs is 1. The van der Waals surface area contributed by atoms with Gasteiger partial charge in [0.05, 0.1) is 17.2 Å². The lowest BCUT2D eigenvalue weighted by molar-refractivity contribution is -0.121. The van der Waals surface area contributed by atoms with Crippen molar-refractivity contribution in [3.63, 3.8) is 0 Å². The molecule has 29 heavy (non-hydrogen) atoms. The molecule has 1 saturated heterocycles. The molecule has 4 rings (SSSR count). The number of rotatable bonds is 5. The van der Waals surface area contributed by atoms with Gasteiger partial charge in [-0.05, 0) is 42.7 Å². The molecule has 0 radical (unpaired) electrons. The highest BCUT2D eigenvalue weighted by molar-refractivity contribution is 5.94. The summed E-state index contributed by atoms with van der Waals surface area (Å²) in [6.07, 6.45) is 3.51. The second kappa shape index (κ2) is 8.26. The third kappa shape index (κ3) is 4.18. The smallest absolute Gasteiger partial charge is 0.261 e. The number of aromatic nitrogens is 2. The van der Waals surface area contributed by atoms with Crippen LogP contribution in [0.15, 0.2) is 59.7 Å². The Morgan fingerprint density at radius 1 is 1.00 bits per heavy atom. The fraction of sp³-hybridized carbons (Fsp3) is 0.273. The first-order valence-corrected chi connectivity index (χ1v) is 9.71. The Labute approximate surface area is 168 Å². The zero-order valence-corrected chi connectivity index (χ0v) is 16.0. The molecule has 7 heteroatoms. The van der Waals surface area contributed by atoms with E-state index in [4.69, 9.17) is 0 Å². The number of para-hydroxylation sites is 1. The molecule has 0 atom stereocenters. The third-order valence-corrected chi connectivity index (χ3v) is 5.13. The van der Waals surface area contributed by atoms with Crippen LogP contribution in [0.1, 0.15) is 28.8 Å². The number of nitrogens with zero attached hydrogens (tertiary/aromatic N) is 3. The topological polar surface area (TPSA) is 84.3 Å². The van der Waals surface area contributed by atoms with E-state index in [1.165, 1.54) is 10.9 Å². The van der Waals surface area contributed by atoms with E-state index in [1.807, 2.05) is 23.1 Å². The number of likely N-dealkylation sites (tertiary alicyclic amines) is 1. The van der Waals surface area contributed by atoms with Crippen LogP contribution >= 0.6 is 0 Å². The van der Waals surface area contributed by atoms with Crippen molar-refractivity contribution in [3.8, 4) is 0 Å². The van der Waals surface area contributed by atoms with Gasteiger partial charge < -0.3 is 10.2 Å². The molecule has 2 heterocycles. The highest BCUT2D eigenvalue weighted by atomic mass is 16.2. The van der Waals surface area contributed by atoms with Crippen molar-refractivity contribution in [2.75, 3.05) is 13.1 Å². The Hall–Kier alpha value is -3.48. The first-order valence-electron chi connectivity index (χ1n) is 9.71. The predicted octanol–water partition coefficient (Wildman–Crippen LogP) is 1.95. The molecule has 0 bridgehead atoms. The second-order valence-electron chi connectivity index (χ2n) is 7.17. The van der Waals surface area contributed by atoms with E-state index < -0.39 is 0 Å². The summed E-state index contributed by atoms with van der Waals surface area (Å²) in [5.74, 6) is -0.220. The quantitative estimate of drug-likeness (QED) is 0.722. The van der Waals surface area contributed by atoms with Crippen LogP contribution in [0.2, 0.25) is 0 Å². The van der Waals surface area contributed by atoms with Gasteiger partial charge >= 0.3 is 0 Å². The molecule has 2 amide bonds. The number of carbonyl (C=O) groups excluding carboxylic acids is 2. The van der Waals surface area contributed by atoms with Gasteiger partial charge in [0.15, 0.2) is 0 Å². The zero-order valence-electron chi connectivity index (χ0n) is 16.0. The minimum Gasteiger partial charge on any atom is -0.350 e. The van der Waals surface area contributed by atoms with E-state index in [2.05, 4.69) is 10.3 Å². The maximum absolute atomic E-state index is 12.5. The van der Waals surface area contributed by atoms with Gasteiger partial charge in [0.25, 0.3) is 11.5 Å². The molecular weight excluding hydrogens is 368 g/mol. The maximum atomic E-state index is 12.5. The number of hydrogen-bond acceptors (Lipinski definition) is 4. The van der Waals surface area contributed by atoms with E-state index in [-0.39, 0.29) is 23.9 Å². The Morgan fingerprint density at radius 2 is 1.72 bits per heavy atom. The summed E-state index contributed by atoms with van der Waals surface area (Å²) in [5.41, 5.74) is 1.92. The maximum Gasteiger partial charge on any atom is 0.261 e. The summed E-state index contributed by atoms with van der Waals surface area (Å²) in [6.45, 7) is 1.87. The molecule has 1 aliphatic heterocycles. The van der Waals surface area contributed by atoms with Crippen LogP contribution in [0.5, 0.6) is 0 Å². The second-order valence-corrected chi connectivity index (χ2v) is 7.17. The summed E-state index contributed by atoms with van der Waals surface area (Å²) in [5, 5.41) is 3.29. The van der Waals surface area contributed by atoms with Gasteiger partial charge in [-0.2, -0.15) is 0 Å². The summed E-state index contributed by atoms with van der Waals surface area (Å²) in [7, 11) is 0. The van der Waals surface area contributed by atoms with E-state index in [1.54, 1.807) is 30.3 Å². The lowest BCUT2D eigenvalue weighted by atomic mass is 10.1. The normalized spacial score (nSPS) is 13.6. The van der Waals surface area contributed by atoms with Gasteiger partial charge in [-0.3, -0.25) is 19.0 Å². The van der Waals surface area contributed by atoms with E-state index in [9.17, 15) is 14.4 Å². The van der Waals surface area contributed by atoms with Crippen molar-refractivity contribution < 1.29 is 9.59 Å². The van der Waals surface area contributed by atoms with Crippen LogP contribution in [0.4, 0.5) is 0 Å². The Morgan fingerprint density at radius 3 is 2.48 bits per heavy atom. The number of carbonyl (C=O) groups is 2. The van der Waals surface area contributed by atoms with Gasteiger partial charge in [-0.1, -0.05) is 24.3 Å². The molecule has 0 unspecified atom stereocenters. The van der Waals surface area contributed by atoms with Gasteiger partial charge in [0, 0.05) is 25.2 Å². The van der Waals surface area contributed by atoms with E-state index >= 15 is 0 Å². The molecule has 1 N–H and O–H groups in total. The van der Waals surface area contributed by atoms with Crippen LogP contribution < -0.4 is 10.9 Å². The lowest BCUT2D eigenvalue weighted by Gasteiger charge is -2.15. The minimum atomic E-state index is -0.276. The number of amides is 2. The average molecular weight is 390 g/mol. The largest absolute Gasteiger partial charge is 0.350 e. The van der Waals surface area contributed by atoms with Gasteiger partial charge in [-0.25, -0.2) is 4.98 Å². The van der Waals surface area contributed by atoms with Crippen molar-refractivity contribution in [3.05, 3.63) is 76.3 Å². The summed E-state index contributed by atoms with van der Waals surface area (Å²) < 4.78 is 1.30. The molecule has 1 aliphatic rings. The molecule has 148 valence electrons. The van der Waals surface area contributed by atoms with Gasteiger partial charge in [0.2, 0.25) is 5.91 Å². The standard InChI is InChI=1S/C22H22N4O3/c27-20(14-26-15-24-19-6-2-1-5-18(19)22(26)29)23-13-16-7-9-17(10-8-16)21(28)25-11-3-4-12-25/h1-2,5-10,15H,3-4,11-14H2,(H,23,27). The first-order chi connectivity index (χ1) is 14.1. The molecule has 1 aromatic heterocycles. The molecule has 0 saturated carbocycles.